The quantitative estimate of drug-likeness (QED) is 0.610. The van der Waals surface area contributed by atoms with Gasteiger partial charge in [-0.25, -0.2) is 4.79 Å². The van der Waals surface area contributed by atoms with Crippen molar-refractivity contribution in [1.29, 1.82) is 0 Å². The highest BCUT2D eigenvalue weighted by Gasteiger charge is 2.16. The van der Waals surface area contributed by atoms with Crippen LogP contribution in [0.4, 0.5) is 16.2 Å². The van der Waals surface area contributed by atoms with Crippen molar-refractivity contribution in [3.63, 3.8) is 0 Å². The zero-order valence-electron chi connectivity index (χ0n) is 14.7. The third-order valence-electron chi connectivity index (χ3n) is 4.52. The first-order valence-corrected chi connectivity index (χ1v) is 9.71. The summed E-state index contributed by atoms with van der Waals surface area (Å²) in [5.74, 6) is -0.0779. The summed E-state index contributed by atoms with van der Waals surface area (Å²) in [7, 11) is 0. The summed E-state index contributed by atoms with van der Waals surface area (Å²) < 4.78 is 0. The summed E-state index contributed by atoms with van der Waals surface area (Å²) in [4.78, 5) is 24.4. The largest absolute Gasteiger partial charge is 0.349 e. The Hall–Kier alpha value is -2.24. The molecule has 5 nitrogen and oxygen atoms in total. The van der Waals surface area contributed by atoms with Crippen LogP contribution in [0.2, 0.25) is 10.0 Å². The SMILES string of the molecule is O=C(Nc1ccc(C(=O)NC2CCCCC2)cc1)Nc1ccc(Cl)cc1Cl. The molecule has 7 heteroatoms. The normalized spacial score (nSPS) is 14.4. The highest BCUT2D eigenvalue weighted by atomic mass is 35.5. The summed E-state index contributed by atoms with van der Waals surface area (Å²) >= 11 is 11.9. The molecule has 1 fully saturated rings. The standard InChI is InChI=1S/C20H21Cl2N3O2/c21-14-8-11-18(17(22)12-14)25-20(27)24-16-9-6-13(7-10-16)19(26)23-15-4-2-1-3-5-15/h6-12,15H,1-5H2,(H,23,26)(H2,24,25,27). The lowest BCUT2D eigenvalue weighted by Gasteiger charge is -2.22. The average molecular weight is 406 g/mol. The zero-order chi connectivity index (χ0) is 19.2. The van der Waals surface area contributed by atoms with Crippen molar-refractivity contribution in [2.75, 3.05) is 10.6 Å². The number of anilines is 2. The number of carbonyl (C=O) groups is 2. The first-order valence-electron chi connectivity index (χ1n) is 8.95. The third kappa shape index (κ3) is 5.62. The second-order valence-corrected chi connectivity index (χ2v) is 7.43. The first-order chi connectivity index (χ1) is 13.0. The molecule has 0 spiro atoms. The molecule has 142 valence electrons. The smallest absolute Gasteiger partial charge is 0.323 e. The molecule has 1 aliphatic rings. The Morgan fingerprint density at radius 1 is 0.889 bits per heavy atom. The van der Waals surface area contributed by atoms with Gasteiger partial charge in [-0.05, 0) is 55.3 Å². The Labute approximate surface area is 168 Å². The number of amides is 3. The van der Waals surface area contributed by atoms with Crippen LogP contribution in [0.1, 0.15) is 42.5 Å². The fourth-order valence-electron chi connectivity index (χ4n) is 3.10. The zero-order valence-corrected chi connectivity index (χ0v) is 16.2. The highest BCUT2D eigenvalue weighted by Crippen LogP contribution is 2.25. The van der Waals surface area contributed by atoms with Crippen molar-refractivity contribution in [2.24, 2.45) is 0 Å². The van der Waals surface area contributed by atoms with Gasteiger partial charge in [0.25, 0.3) is 5.91 Å². The van der Waals surface area contributed by atoms with Gasteiger partial charge in [-0.2, -0.15) is 0 Å². The second kappa shape index (κ2) is 9.11. The van der Waals surface area contributed by atoms with Gasteiger partial charge in [0.15, 0.2) is 0 Å². The Morgan fingerprint density at radius 3 is 2.26 bits per heavy atom. The lowest BCUT2D eigenvalue weighted by molar-refractivity contribution is 0.0927. The fourth-order valence-corrected chi connectivity index (χ4v) is 3.55. The molecule has 27 heavy (non-hydrogen) atoms. The van der Waals surface area contributed by atoms with Crippen LogP contribution in [-0.4, -0.2) is 18.0 Å². The number of carbonyl (C=O) groups excluding carboxylic acids is 2. The van der Waals surface area contributed by atoms with Crippen molar-refractivity contribution >= 4 is 46.5 Å². The molecule has 0 aliphatic heterocycles. The molecule has 0 aromatic heterocycles. The van der Waals surface area contributed by atoms with E-state index in [1.54, 1.807) is 42.5 Å². The average Bonchev–Trinajstić information content (AvgIpc) is 2.65. The molecule has 0 heterocycles. The van der Waals surface area contributed by atoms with E-state index in [4.69, 9.17) is 23.2 Å². The van der Waals surface area contributed by atoms with Crippen LogP contribution in [0.3, 0.4) is 0 Å². The fraction of sp³-hybridized carbons (Fsp3) is 0.300. The van der Waals surface area contributed by atoms with Crippen molar-refractivity contribution in [2.45, 2.75) is 38.1 Å². The maximum atomic E-state index is 12.3. The van der Waals surface area contributed by atoms with Gasteiger partial charge in [0.05, 0.1) is 10.7 Å². The Bertz CT molecular complexity index is 818. The van der Waals surface area contributed by atoms with E-state index in [-0.39, 0.29) is 11.9 Å². The number of hydrogen-bond acceptors (Lipinski definition) is 2. The molecule has 1 aliphatic carbocycles. The lowest BCUT2D eigenvalue weighted by atomic mass is 9.95. The third-order valence-corrected chi connectivity index (χ3v) is 5.07. The molecule has 0 unspecified atom stereocenters. The summed E-state index contributed by atoms with van der Waals surface area (Å²) in [5.41, 5.74) is 1.61. The number of rotatable bonds is 4. The lowest BCUT2D eigenvalue weighted by Crippen LogP contribution is -2.36. The first kappa shape index (κ1) is 19.5. The van der Waals surface area contributed by atoms with Gasteiger partial charge < -0.3 is 16.0 Å². The van der Waals surface area contributed by atoms with E-state index < -0.39 is 6.03 Å². The molecule has 3 amide bonds. The summed E-state index contributed by atoms with van der Waals surface area (Å²) in [6.45, 7) is 0. The predicted octanol–water partition coefficient (Wildman–Crippen LogP) is 5.70. The van der Waals surface area contributed by atoms with E-state index >= 15 is 0 Å². The van der Waals surface area contributed by atoms with Crippen molar-refractivity contribution in [1.82, 2.24) is 5.32 Å². The van der Waals surface area contributed by atoms with Crippen molar-refractivity contribution in [3.8, 4) is 0 Å². The van der Waals surface area contributed by atoms with Gasteiger partial charge in [-0.1, -0.05) is 42.5 Å². The predicted molar refractivity (Wildman–Crippen MR) is 110 cm³/mol. The maximum Gasteiger partial charge on any atom is 0.323 e. The van der Waals surface area contributed by atoms with E-state index in [1.807, 2.05) is 0 Å². The number of benzene rings is 2. The van der Waals surface area contributed by atoms with Gasteiger partial charge >= 0.3 is 6.03 Å². The molecule has 0 radical (unpaired) electrons. The number of halogens is 2. The second-order valence-electron chi connectivity index (χ2n) is 6.59. The van der Waals surface area contributed by atoms with E-state index in [1.165, 1.54) is 19.3 Å². The number of nitrogens with one attached hydrogen (secondary N) is 3. The summed E-state index contributed by atoms with van der Waals surface area (Å²) in [6, 6.07) is 11.4. The maximum absolute atomic E-state index is 12.3. The molecule has 1 saturated carbocycles. The Kier molecular flexibility index (Phi) is 6.58. The van der Waals surface area contributed by atoms with E-state index in [9.17, 15) is 9.59 Å². The summed E-state index contributed by atoms with van der Waals surface area (Å²) in [6.07, 6.45) is 5.66. The molecule has 0 bridgehead atoms. The Balaban J connectivity index is 1.55. The van der Waals surface area contributed by atoms with E-state index in [2.05, 4.69) is 16.0 Å². The van der Waals surface area contributed by atoms with Crippen LogP contribution >= 0.6 is 23.2 Å². The van der Waals surface area contributed by atoms with Crippen LogP contribution in [0.5, 0.6) is 0 Å². The number of hydrogen-bond donors (Lipinski definition) is 3. The summed E-state index contributed by atoms with van der Waals surface area (Å²) in [5, 5.41) is 9.29. The molecule has 3 rings (SSSR count). The highest BCUT2D eigenvalue weighted by molar-refractivity contribution is 6.36. The molecular weight excluding hydrogens is 385 g/mol. The molecule has 2 aromatic carbocycles. The van der Waals surface area contributed by atoms with Gasteiger partial charge in [0.2, 0.25) is 0 Å². The molecular formula is C20H21Cl2N3O2. The van der Waals surface area contributed by atoms with Gasteiger partial charge in [-0.3, -0.25) is 4.79 Å². The topological polar surface area (TPSA) is 70.2 Å². The van der Waals surface area contributed by atoms with Gasteiger partial charge in [0.1, 0.15) is 0 Å². The van der Waals surface area contributed by atoms with Crippen LogP contribution in [0.25, 0.3) is 0 Å². The minimum atomic E-state index is -0.432. The monoisotopic (exact) mass is 405 g/mol. The minimum absolute atomic E-state index is 0.0779. The van der Waals surface area contributed by atoms with Crippen LogP contribution in [-0.2, 0) is 0 Å². The molecule has 3 N–H and O–H groups in total. The van der Waals surface area contributed by atoms with Gasteiger partial charge in [-0.15, -0.1) is 0 Å². The van der Waals surface area contributed by atoms with E-state index in [0.29, 0.717) is 27.0 Å². The minimum Gasteiger partial charge on any atom is -0.349 e. The van der Waals surface area contributed by atoms with Crippen LogP contribution < -0.4 is 16.0 Å². The van der Waals surface area contributed by atoms with Crippen molar-refractivity contribution < 1.29 is 9.59 Å². The van der Waals surface area contributed by atoms with Crippen molar-refractivity contribution in [3.05, 3.63) is 58.1 Å². The van der Waals surface area contributed by atoms with E-state index in [0.717, 1.165) is 12.8 Å². The number of urea groups is 1. The van der Waals surface area contributed by atoms with Crippen LogP contribution in [0.15, 0.2) is 42.5 Å². The van der Waals surface area contributed by atoms with Crippen LogP contribution in [0, 0.1) is 0 Å². The van der Waals surface area contributed by atoms with Gasteiger partial charge in [0, 0.05) is 22.3 Å². The molecule has 0 saturated heterocycles. The molecule has 2 aromatic rings. The Morgan fingerprint density at radius 2 is 1.59 bits per heavy atom. The molecule has 0 atom stereocenters.